The Labute approximate surface area is 111 Å². The van der Waals surface area contributed by atoms with E-state index in [0.717, 1.165) is 18.8 Å². The number of hydrogen-bond donors (Lipinski definition) is 0. The molecule has 1 aliphatic rings. The molecule has 18 heavy (non-hydrogen) atoms. The van der Waals surface area contributed by atoms with Gasteiger partial charge in [0.15, 0.2) is 0 Å². The fourth-order valence-corrected chi connectivity index (χ4v) is 2.54. The fourth-order valence-electron chi connectivity index (χ4n) is 2.54. The van der Waals surface area contributed by atoms with Crippen LogP contribution in [0.5, 0.6) is 5.75 Å². The van der Waals surface area contributed by atoms with Gasteiger partial charge >= 0.3 is 0 Å². The molecule has 2 rings (SSSR count). The summed E-state index contributed by atoms with van der Waals surface area (Å²) in [4.78, 5) is 0. The highest BCUT2D eigenvalue weighted by Gasteiger charge is 2.10. The van der Waals surface area contributed by atoms with Crippen LogP contribution in [0.2, 0.25) is 0 Å². The first-order valence-corrected chi connectivity index (χ1v) is 7.18. The molecule has 0 amide bonds. The summed E-state index contributed by atoms with van der Waals surface area (Å²) in [6, 6.07) is 6.59. The second-order valence-corrected chi connectivity index (χ2v) is 5.28. The van der Waals surface area contributed by atoms with Gasteiger partial charge in [0.2, 0.25) is 0 Å². The molecule has 1 aromatic rings. The van der Waals surface area contributed by atoms with Crippen LogP contribution >= 0.6 is 0 Å². The average molecular weight is 244 g/mol. The molecule has 1 unspecified atom stereocenters. The maximum Gasteiger partial charge on any atom is 0.122 e. The fraction of sp³-hybridized carbons (Fsp3) is 0.529. The highest BCUT2D eigenvalue weighted by atomic mass is 16.5. The first-order chi connectivity index (χ1) is 8.79. The van der Waals surface area contributed by atoms with Crippen LogP contribution < -0.4 is 4.74 Å². The summed E-state index contributed by atoms with van der Waals surface area (Å²) in [5.74, 6) is 1.65. The zero-order valence-corrected chi connectivity index (χ0v) is 11.6. The Hall–Kier alpha value is -1.24. The SMILES string of the molecule is CCCc1ccc(OCC2C=CCCC2)c(C)c1. The van der Waals surface area contributed by atoms with Crippen molar-refractivity contribution in [2.75, 3.05) is 6.61 Å². The van der Waals surface area contributed by atoms with Crippen molar-refractivity contribution < 1.29 is 4.74 Å². The summed E-state index contributed by atoms with van der Waals surface area (Å²) >= 11 is 0. The van der Waals surface area contributed by atoms with E-state index < -0.39 is 0 Å². The molecule has 0 saturated carbocycles. The van der Waals surface area contributed by atoms with E-state index in [2.05, 4.69) is 44.2 Å². The zero-order chi connectivity index (χ0) is 12.8. The molecule has 1 nitrogen and oxygen atoms in total. The molecule has 1 aliphatic carbocycles. The van der Waals surface area contributed by atoms with Crippen LogP contribution in [0.15, 0.2) is 30.4 Å². The average Bonchev–Trinajstić information content (AvgIpc) is 2.39. The van der Waals surface area contributed by atoms with E-state index in [1.165, 1.54) is 36.8 Å². The molecule has 0 N–H and O–H groups in total. The largest absolute Gasteiger partial charge is 0.493 e. The van der Waals surface area contributed by atoms with E-state index in [-0.39, 0.29) is 0 Å². The molecule has 98 valence electrons. The Bertz CT molecular complexity index is 406. The number of aryl methyl sites for hydroxylation is 2. The van der Waals surface area contributed by atoms with Crippen LogP contribution in [0.4, 0.5) is 0 Å². The smallest absolute Gasteiger partial charge is 0.122 e. The van der Waals surface area contributed by atoms with Crippen LogP contribution in [0, 0.1) is 12.8 Å². The number of allylic oxidation sites excluding steroid dienone is 1. The van der Waals surface area contributed by atoms with E-state index >= 15 is 0 Å². The molecule has 0 fully saturated rings. The normalized spacial score (nSPS) is 18.9. The Morgan fingerprint density at radius 2 is 2.22 bits per heavy atom. The van der Waals surface area contributed by atoms with Gasteiger partial charge in [0, 0.05) is 5.92 Å². The lowest BCUT2D eigenvalue weighted by atomic mass is 9.97. The quantitative estimate of drug-likeness (QED) is 0.683. The first-order valence-electron chi connectivity index (χ1n) is 7.18. The number of ether oxygens (including phenoxy) is 1. The van der Waals surface area contributed by atoms with Crippen molar-refractivity contribution in [3.8, 4) is 5.75 Å². The molecular weight excluding hydrogens is 220 g/mol. The second kappa shape index (κ2) is 6.63. The zero-order valence-electron chi connectivity index (χ0n) is 11.6. The van der Waals surface area contributed by atoms with Gasteiger partial charge in [-0.1, -0.05) is 37.6 Å². The minimum absolute atomic E-state index is 0.605. The maximum atomic E-state index is 5.96. The molecule has 0 spiro atoms. The van der Waals surface area contributed by atoms with Gasteiger partial charge in [-0.15, -0.1) is 0 Å². The summed E-state index contributed by atoms with van der Waals surface area (Å²) in [5, 5.41) is 0. The Kier molecular flexibility index (Phi) is 4.86. The van der Waals surface area contributed by atoms with E-state index in [9.17, 15) is 0 Å². The van der Waals surface area contributed by atoms with E-state index in [4.69, 9.17) is 4.74 Å². The molecule has 1 aromatic carbocycles. The van der Waals surface area contributed by atoms with Gasteiger partial charge in [-0.25, -0.2) is 0 Å². The van der Waals surface area contributed by atoms with Gasteiger partial charge in [0.25, 0.3) is 0 Å². The summed E-state index contributed by atoms with van der Waals surface area (Å²) in [6.07, 6.45) is 10.8. The molecule has 0 saturated heterocycles. The lowest BCUT2D eigenvalue weighted by molar-refractivity contribution is 0.261. The van der Waals surface area contributed by atoms with Crippen molar-refractivity contribution in [1.82, 2.24) is 0 Å². The first kappa shape index (κ1) is 13.2. The van der Waals surface area contributed by atoms with Crippen LogP contribution in [0.3, 0.4) is 0 Å². The van der Waals surface area contributed by atoms with Crippen LogP contribution in [0.1, 0.15) is 43.7 Å². The topological polar surface area (TPSA) is 9.23 Å². The third-order valence-electron chi connectivity index (χ3n) is 3.58. The predicted octanol–water partition coefficient (Wildman–Crippen LogP) is 4.68. The highest BCUT2D eigenvalue weighted by molar-refractivity contribution is 5.36. The summed E-state index contributed by atoms with van der Waals surface area (Å²) < 4.78 is 5.96. The van der Waals surface area contributed by atoms with Gasteiger partial charge in [-0.2, -0.15) is 0 Å². The summed E-state index contributed by atoms with van der Waals surface area (Å²) in [7, 11) is 0. The van der Waals surface area contributed by atoms with Gasteiger partial charge in [-0.05, 0) is 49.8 Å². The Morgan fingerprint density at radius 1 is 1.33 bits per heavy atom. The molecule has 0 aliphatic heterocycles. The van der Waals surface area contributed by atoms with Crippen LogP contribution in [-0.2, 0) is 6.42 Å². The van der Waals surface area contributed by atoms with Crippen molar-refractivity contribution in [3.05, 3.63) is 41.5 Å². The standard InChI is InChI=1S/C17H24O/c1-3-7-15-10-11-17(14(2)12-15)18-13-16-8-5-4-6-9-16/h5,8,10-12,16H,3-4,6-7,9,13H2,1-2H3. The van der Waals surface area contributed by atoms with Crippen molar-refractivity contribution in [2.45, 2.75) is 46.0 Å². The van der Waals surface area contributed by atoms with Gasteiger partial charge in [0.1, 0.15) is 5.75 Å². The molecule has 0 aromatic heterocycles. The summed E-state index contributed by atoms with van der Waals surface area (Å²) in [5.41, 5.74) is 2.68. The van der Waals surface area contributed by atoms with Crippen molar-refractivity contribution in [3.63, 3.8) is 0 Å². The van der Waals surface area contributed by atoms with Gasteiger partial charge in [-0.3, -0.25) is 0 Å². The Balaban J connectivity index is 1.92. The second-order valence-electron chi connectivity index (χ2n) is 5.28. The van der Waals surface area contributed by atoms with E-state index in [1.807, 2.05) is 0 Å². The molecule has 0 heterocycles. The lowest BCUT2D eigenvalue weighted by Gasteiger charge is -2.18. The highest BCUT2D eigenvalue weighted by Crippen LogP contribution is 2.23. The third-order valence-corrected chi connectivity index (χ3v) is 3.58. The maximum absolute atomic E-state index is 5.96. The number of rotatable bonds is 5. The minimum atomic E-state index is 0.605. The molecule has 0 bridgehead atoms. The lowest BCUT2D eigenvalue weighted by Crippen LogP contribution is -2.12. The number of benzene rings is 1. The Morgan fingerprint density at radius 3 is 2.89 bits per heavy atom. The third kappa shape index (κ3) is 3.63. The molecular formula is C17H24O. The molecule has 1 atom stereocenters. The predicted molar refractivity (Wildman–Crippen MR) is 77.2 cm³/mol. The van der Waals surface area contributed by atoms with Gasteiger partial charge in [0.05, 0.1) is 6.61 Å². The molecule has 0 radical (unpaired) electrons. The van der Waals surface area contributed by atoms with Gasteiger partial charge < -0.3 is 4.74 Å². The van der Waals surface area contributed by atoms with Crippen molar-refractivity contribution in [1.29, 1.82) is 0 Å². The van der Waals surface area contributed by atoms with E-state index in [1.54, 1.807) is 0 Å². The summed E-state index contributed by atoms with van der Waals surface area (Å²) in [6.45, 7) is 5.19. The minimum Gasteiger partial charge on any atom is -0.493 e. The van der Waals surface area contributed by atoms with E-state index in [0.29, 0.717) is 5.92 Å². The molecule has 1 heteroatoms. The van der Waals surface area contributed by atoms with Crippen molar-refractivity contribution >= 4 is 0 Å². The van der Waals surface area contributed by atoms with Crippen LogP contribution in [-0.4, -0.2) is 6.61 Å². The van der Waals surface area contributed by atoms with Crippen LogP contribution in [0.25, 0.3) is 0 Å². The number of hydrogen-bond acceptors (Lipinski definition) is 1. The van der Waals surface area contributed by atoms with Crippen molar-refractivity contribution in [2.24, 2.45) is 5.92 Å². The monoisotopic (exact) mass is 244 g/mol.